The number of amides is 1. The summed E-state index contributed by atoms with van der Waals surface area (Å²) in [6.07, 6.45) is 1.98. The Morgan fingerprint density at radius 1 is 0.842 bits per heavy atom. The van der Waals surface area contributed by atoms with Crippen molar-refractivity contribution >= 4 is 17.7 Å². The molecule has 1 unspecified atom stereocenters. The minimum atomic E-state index is -0.513. The predicted octanol–water partition coefficient (Wildman–Crippen LogP) is 5.67. The molecule has 38 heavy (non-hydrogen) atoms. The maximum atomic E-state index is 13.4. The van der Waals surface area contributed by atoms with Crippen LogP contribution in [0.15, 0.2) is 91.1 Å². The second-order valence-electron chi connectivity index (χ2n) is 9.19. The molecular formula is C32H30N2O4. The Labute approximate surface area is 222 Å². The van der Waals surface area contributed by atoms with Crippen LogP contribution in [0.2, 0.25) is 0 Å². The van der Waals surface area contributed by atoms with Crippen molar-refractivity contribution in [3.8, 4) is 11.1 Å². The normalized spacial score (nSPS) is 11.4. The number of nitrogens with one attached hydrogen (secondary N) is 1. The molecule has 0 aliphatic heterocycles. The molecule has 1 atom stereocenters. The summed E-state index contributed by atoms with van der Waals surface area (Å²) in [5.41, 5.74) is 6.91. The number of benzene rings is 3. The molecule has 1 amide bonds. The van der Waals surface area contributed by atoms with Gasteiger partial charge in [-0.25, -0.2) is 0 Å². The van der Waals surface area contributed by atoms with Gasteiger partial charge in [0.1, 0.15) is 6.54 Å². The molecule has 4 aromatic rings. The molecule has 192 valence electrons. The van der Waals surface area contributed by atoms with E-state index in [1.807, 2.05) is 55.5 Å². The predicted molar refractivity (Wildman–Crippen MR) is 147 cm³/mol. The molecule has 6 nitrogen and oxygen atoms in total. The number of nitrogens with zero attached hydrogens (tertiary/aromatic N) is 1. The number of ether oxygens (including phenoxy) is 1. The van der Waals surface area contributed by atoms with Crippen molar-refractivity contribution in [1.82, 2.24) is 10.3 Å². The largest absolute Gasteiger partial charge is 0.468 e. The van der Waals surface area contributed by atoms with Crippen molar-refractivity contribution in [2.75, 3.05) is 13.7 Å². The first-order chi connectivity index (χ1) is 18.4. The van der Waals surface area contributed by atoms with Crippen LogP contribution in [-0.2, 0) is 9.53 Å². The van der Waals surface area contributed by atoms with Gasteiger partial charge >= 0.3 is 5.97 Å². The van der Waals surface area contributed by atoms with E-state index >= 15 is 0 Å². The van der Waals surface area contributed by atoms with E-state index in [1.165, 1.54) is 7.11 Å². The van der Waals surface area contributed by atoms with E-state index in [1.54, 1.807) is 24.4 Å². The highest BCUT2D eigenvalue weighted by Crippen LogP contribution is 2.34. The van der Waals surface area contributed by atoms with Crippen LogP contribution in [0, 0.1) is 13.8 Å². The lowest BCUT2D eigenvalue weighted by molar-refractivity contribution is -0.139. The number of pyridine rings is 1. The molecule has 0 aliphatic carbocycles. The van der Waals surface area contributed by atoms with E-state index in [4.69, 9.17) is 0 Å². The number of rotatable bonds is 9. The summed E-state index contributed by atoms with van der Waals surface area (Å²) in [5, 5.41) is 2.57. The number of aryl methyl sites for hydroxylation is 2. The third-order valence-corrected chi connectivity index (χ3v) is 6.54. The number of ketones is 1. The summed E-state index contributed by atoms with van der Waals surface area (Å²) < 4.78 is 4.59. The van der Waals surface area contributed by atoms with Crippen LogP contribution in [0.5, 0.6) is 0 Å². The number of esters is 1. The standard InChI is InChI=1S/C32H30N2O4/c1-21-8-4-5-13-28(21)29(19-30(35)26-14-15-33-22(2)16-26)25-11-6-9-23(17-25)24-10-7-12-27(18-24)32(37)34-20-31(36)38-3/h4-18,29H,19-20H2,1-3H3,(H,34,37). The van der Waals surface area contributed by atoms with Gasteiger partial charge in [-0.05, 0) is 65.9 Å². The molecule has 0 aliphatic rings. The summed E-state index contributed by atoms with van der Waals surface area (Å²) >= 11 is 0. The van der Waals surface area contributed by atoms with Crippen LogP contribution in [0.25, 0.3) is 11.1 Å². The van der Waals surface area contributed by atoms with Gasteiger partial charge in [-0.3, -0.25) is 19.4 Å². The van der Waals surface area contributed by atoms with Crippen LogP contribution in [0.3, 0.4) is 0 Å². The van der Waals surface area contributed by atoms with Gasteiger partial charge in [0.05, 0.1) is 7.11 Å². The first-order valence-electron chi connectivity index (χ1n) is 12.4. The van der Waals surface area contributed by atoms with Gasteiger partial charge in [0, 0.05) is 35.4 Å². The van der Waals surface area contributed by atoms with E-state index in [9.17, 15) is 14.4 Å². The summed E-state index contributed by atoms with van der Waals surface area (Å²) in [6.45, 7) is 3.74. The summed E-state index contributed by atoms with van der Waals surface area (Å²) in [5.74, 6) is -0.965. The van der Waals surface area contributed by atoms with Gasteiger partial charge in [0.15, 0.2) is 5.78 Å². The molecule has 4 rings (SSSR count). The Bertz CT molecular complexity index is 1480. The summed E-state index contributed by atoms with van der Waals surface area (Å²) in [4.78, 5) is 41.5. The van der Waals surface area contributed by atoms with Crippen molar-refractivity contribution in [2.24, 2.45) is 0 Å². The smallest absolute Gasteiger partial charge is 0.325 e. The van der Waals surface area contributed by atoms with Crippen LogP contribution in [0.4, 0.5) is 0 Å². The third kappa shape index (κ3) is 6.40. The quantitative estimate of drug-likeness (QED) is 0.233. The summed E-state index contributed by atoms with van der Waals surface area (Å²) in [7, 11) is 1.28. The lowest BCUT2D eigenvalue weighted by atomic mass is 9.83. The lowest BCUT2D eigenvalue weighted by Gasteiger charge is -2.21. The number of carbonyl (C=O) groups excluding carboxylic acids is 3. The molecule has 0 saturated heterocycles. The zero-order valence-electron chi connectivity index (χ0n) is 21.7. The molecule has 3 aromatic carbocycles. The van der Waals surface area contributed by atoms with Crippen molar-refractivity contribution < 1.29 is 19.1 Å². The van der Waals surface area contributed by atoms with Crippen LogP contribution >= 0.6 is 0 Å². The van der Waals surface area contributed by atoms with Gasteiger partial charge in [-0.1, -0.05) is 60.7 Å². The van der Waals surface area contributed by atoms with Gasteiger partial charge in [-0.15, -0.1) is 0 Å². The number of hydrogen-bond donors (Lipinski definition) is 1. The van der Waals surface area contributed by atoms with Crippen LogP contribution in [0.1, 0.15) is 55.4 Å². The van der Waals surface area contributed by atoms with Crippen molar-refractivity contribution in [3.63, 3.8) is 0 Å². The van der Waals surface area contributed by atoms with E-state index < -0.39 is 5.97 Å². The highest BCUT2D eigenvalue weighted by molar-refractivity contribution is 5.97. The van der Waals surface area contributed by atoms with Crippen molar-refractivity contribution in [3.05, 3.63) is 125 Å². The topological polar surface area (TPSA) is 85.4 Å². The minimum Gasteiger partial charge on any atom is -0.468 e. The Hall–Kier alpha value is -4.58. The van der Waals surface area contributed by atoms with E-state index in [0.29, 0.717) is 17.5 Å². The van der Waals surface area contributed by atoms with E-state index in [-0.39, 0.29) is 24.2 Å². The molecule has 0 spiro atoms. The van der Waals surface area contributed by atoms with Crippen LogP contribution in [-0.4, -0.2) is 36.3 Å². The average molecular weight is 507 g/mol. The first kappa shape index (κ1) is 26.5. The molecular weight excluding hydrogens is 476 g/mol. The molecule has 0 saturated carbocycles. The number of Topliss-reactive ketones (excluding diaryl/α,β-unsaturated/α-hetero) is 1. The van der Waals surface area contributed by atoms with Gasteiger partial charge in [0.2, 0.25) is 0 Å². The number of methoxy groups -OCH3 is 1. The van der Waals surface area contributed by atoms with Crippen molar-refractivity contribution in [2.45, 2.75) is 26.2 Å². The Kier molecular flexibility index (Phi) is 8.44. The van der Waals surface area contributed by atoms with E-state index in [2.05, 4.69) is 40.2 Å². The monoisotopic (exact) mass is 506 g/mol. The van der Waals surface area contributed by atoms with Gasteiger partial charge in [-0.2, -0.15) is 0 Å². The highest BCUT2D eigenvalue weighted by Gasteiger charge is 2.21. The molecule has 0 fully saturated rings. The fraction of sp³-hybridized carbons (Fsp3) is 0.188. The molecule has 1 heterocycles. The maximum Gasteiger partial charge on any atom is 0.325 e. The highest BCUT2D eigenvalue weighted by atomic mass is 16.5. The molecule has 1 aromatic heterocycles. The first-order valence-corrected chi connectivity index (χ1v) is 12.4. The second-order valence-corrected chi connectivity index (χ2v) is 9.19. The Morgan fingerprint density at radius 3 is 2.32 bits per heavy atom. The van der Waals surface area contributed by atoms with E-state index in [0.717, 1.165) is 33.5 Å². The van der Waals surface area contributed by atoms with Gasteiger partial charge < -0.3 is 10.1 Å². The fourth-order valence-electron chi connectivity index (χ4n) is 4.51. The molecule has 0 bridgehead atoms. The zero-order valence-corrected chi connectivity index (χ0v) is 21.7. The van der Waals surface area contributed by atoms with Crippen molar-refractivity contribution in [1.29, 1.82) is 0 Å². The number of carbonyl (C=O) groups is 3. The molecule has 1 N–H and O–H groups in total. The lowest BCUT2D eigenvalue weighted by Crippen LogP contribution is -2.30. The third-order valence-electron chi connectivity index (χ3n) is 6.54. The maximum absolute atomic E-state index is 13.4. The molecule has 6 heteroatoms. The fourth-order valence-corrected chi connectivity index (χ4v) is 4.51. The average Bonchev–Trinajstić information content (AvgIpc) is 2.95. The zero-order chi connectivity index (χ0) is 27.1. The summed E-state index contributed by atoms with van der Waals surface area (Å²) in [6, 6.07) is 27.0. The Balaban J connectivity index is 1.67. The number of aromatic nitrogens is 1. The Morgan fingerprint density at radius 2 is 1.58 bits per heavy atom. The van der Waals surface area contributed by atoms with Gasteiger partial charge in [0.25, 0.3) is 5.91 Å². The molecule has 0 radical (unpaired) electrons. The minimum absolute atomic E-state index is 0.0541. The SMILES string of the molecule is COC(=O)CNC(=O)c1cccc(-c2cccc(C(CC(=O)c3ccnc(C)c3)c3ccccc3C)c2)c1. The number of hydrogen-bond acceptors (Lipinski definition) is 5. The van der Waals surface area contributed by atoms with Crippen LogP contribution < -0.4 is 5.32 Å². The second kappa shape index (κ2) is 12.1.